The third-order valence-corrected chi connectivity index (χ3v) is 2.13. The Morgan fingerprint density at radius 3 is 3.08 bits per heavy atom. The lowest BCUT2D eigenvalue weighted by Crippen LogP contribution is -2.40. The number of carbonyl (C=O) groups is 1. The van der Waals surface area contributed by atoms with E-state index in [1.807, 2.05) is 0 Å². The zero-order valence-corrected chi connectivity index (χ0v) is 6.95. The average Bonchev–Trinajstić information content (AvgIpc) is 2.08. The number of hydrogen-bond donors (Lipinski definition) is 3. The molecule has 1 atom stereocenters. The SMILES string of the molecule is N[C@H]1Cc2ccc(O)cc2NC1=O. The molecule has 13 heavy (non-hydrogen) atoms. The van der Waals surface area contributed by atoms with E-state index in [-0.39, 0.29) is 11.7 Å². The molecule has 0 bridgehead atoms. The summed E-state index contributed by atoms with van der Waals surface area (Å²) in [6, 6.07) is 4.41. The first-order valence-corrected chi connectivity index (χ1v) is 4.05. The van der Waals surface area contributed by atoms with Gasteiger partial charge in [0.05, 0.1) is 6.04 Å². The minimum Gasteiger partial charge on any atom is -0.508 e. The van der Waals surface area contributed by atoms with Crippen LogP contribution in [0, 0.1) is 0 Å². The van der Waals surface area contributed by atoms with Gasteiger partial charge in [0.1, 0.15) is 5.75 Å². The van der Waals surface area contributed by atoms with Crippen LogP contribution in [-0.4, -0.2) is 17.1 Å². The minimum absolute atomic E-state index is 0.148. The van der Waals surface area contributed by atoms with E-state index in [1.54, 1.807) is 12.1 Å². The Labute approximate surface area is 75.4 Å². The van der Waals surface area contributed by atoms with Gasteiger partial charge in [0.2, 0.25) is 5.91 Å². The number of benzene rings is 1. The molecule has 1 amide bonds. The van der Waals surface area contributed by atoms with Crippen LogP contribution in [0.2, 0.25) is 0 Å². The number of anilines is 1. The number of nitrogens with two attached hydrogens (primary N) is 1. The third kappa shape index (κ3) is 1.36. The normalized spacial score (nSPS) is 20.7. The van der Waals surface area contributed by atoms with Crippen LogP contribution in [0.25, 0.3) is 0 Å². The molecule has 4 nitrogen and oxygen atoms in total. The summed E-state index contributed by atoms with van der Waals surface area (Å²) in [6.07, 6.45) is 0.529. The van der Waals surface area contributed by atoms with Crippen molar-refractivity contribution in [3.8, 4) is 5.75 Å². The van der Waals surface area contributed by atoms with Gasteiger partial charge in [0.15, 0.2) is 0 Å². The highest BCUT2D eigenvalue weighted by atomic mass is 16.3. The molecular weight excluding hydrogens is 168 g/mol. The summed E-state index contributed by atoms with van der Waals surface area (Å²) in [5.74, 6) is -0.0485. The molecular formula is C9H10N2O2. The smallest absolute Gasteiger partial charge is 0.241 e. The zero-order chi connectivity index (χ0) is 9.42. The first-order valence-electron chi connectivity index (χ1n) is 4.05. The van der Waals surface area contributed by atoms with Crippen LogP contribution in [0.15, 0.2) is 18.2 Å². The Morgan fingerprint density at radius 1 is 1.54 bits per heavy atom. The van der Waals surface area contributed by atoms with E-state index < -0.39 is 6.04 Å². The van der Waals surface area contributed by atoms with Gasteiger partial charge >= 0.3 is 0 Å². The maximum atomic E-state index is 11.2. The summed E-state index contributed by atoms with van der Waals surface area (Å²) in [5, 5.41) is 11.8. The van der Waals surface area contributed by atoms with Crippen LogP contribution in [0.3, 0.4) is 0 Å². The number of carbonyl (C=O) groups excluding carboxylic acids is 1. The Morgan fingerprint density at radius 2 is 2.31 bits per heavy atom. The molecule has 0 saturated heterocycles. The van der Waals surface area contributed by atoms with Gasteiger partial charge in [-0.2, -0.15) is 0 Å². The van der Waals surface area contributed by atoms with Crippen molar-refractivity contribution in [1.82, 2.24) is 0 Å². The first-order chi connectivity index (χ1) is 6.16. The van der Waals surface area contributed by atoms with Gasteiger partial charge in [-0.25, -0.2) is 0 Å². The minimum atomic E-state index is -0.475. The van der Waals surface area contributed by atoms with E-state index >= 15 is 0 Å². The summed E-state index contributed by atoms with van der Waals surface area (Å²) in [4.78, 5) is 11.2. The van der Waals surface area contributed by atoms with Crippen molar-refractivity contribution in [1.29, 1.82) is 0 Å². The number of aromatic hydroxyl groups is 1. The molecule has 0 aliphatic carbocycles. The van der Waals surface area contributed by atoms with Crippen molar-refractivity contribution in [2.45, 2.75) is 12.5 Å². The predicted octanol–water partition coefficient (Wildman–Crippen LogP) is 0.214. The lowest BCUT2D eigenvalue weighted by atomic mass is 9.99. The van der Waals surface area contributed by atoms with Crippen LogP contribution in [0.4, 0.5) is 5.69 Å². The molecule has 68 valence electrons. The van der Waals surface area contributed by atoms with Crippen LogP contribution in [0.1, 0.15) is 5.56 Å². The Bertz CT molecular complexity index is 363. The van der Waals surface area contributed by atoms with E-state index in [4.69, 9.17) is 10.8 Å². The monoisotopic (exact) mass is 178 g/mol. The van der Waals surface area contributed by atoms with Gasteiger partial charge in [0.25, 0.3) is 0 Å². The highest BCUT2D eigenvalue weighted by Gasteiger charge is 2.22. The molecule has 0 radical (unpaired) electrons. The highest BCUT2D eigenvalue weighted by Crippen LogP contribution is 2.25. The molecule has 0 fully saturated rings. The second-order valence-electron chi connectivity index (χ2n) is 3.14. The predicted molar refractivity (Wildman–Crippen MR) is 48.4 cm³/mol. The standard InChI is InChI=1S/C9H10N2O2/c10-7-3-5-1-2-6(12)4-8(5)11-9(7)13/h1-2,4,7,12H,3,10H2,(H,11,13)/t7-/m0/s1. The molecule has 0 aromatic heterocycles. The molecule has 0 saturated carbocycles. The summed E-state index contributed by atoms with van der Waals surface area (Å²) in [7, 11) is 0. The molecule has 1 aliphatic heterocycles. The number of amides is 1. The van der Waals surface area contributed by atoms with Crippen molar-refractivity contribution in [2.24, 2.45) is 5.73 Å². The lowest BCUT2D eigenvalue weighted by Gasteiger charge is -2.21. The quantitative estimate of drug-likeness (QED) is 0.531. The van der Waals surface area contributed by atoms with E-state index in [2.05, 4.69) is 5.32 Å². The summed E-state index contributed by atoms with van der Waals surface area (Å²) < 4.78 is 0. The van der Waals surface area contributed by atoms with Crippen LogP contribution >= 0.6 is 0 Å². The zero-order valence-electron chi connectivity index (χ0n) is 6.95. The van der Waals surface area contributed by atoms with Gasteiger partial charge in [-0.3, -0.25) is 4.79 Å². The second kappa shape index (κ2) is 2.74. The molecule has 1 heterocycles. The van der Waals surface area contributed by atoms with Crippen molar-refractivity contribution in [3.63, 3.8) is 0 Å². The summed E-state index contributed by atoms with van der Waals surface area (Å²) >= 11 is 0. The lowest BCUT2D eigenvalue weighted by molar-refractivity contribution is -0.117. The Kier molecular flexibility index (Phi) is 1.70. The molecule has 1 aromatic carbocycles. The van der Waals surface area contributed by atoms with Crippen molar-refractivity contribution >= 4 is 11.6 Å². The molecule has 0 unspecified atom stereocenters. The van der Waals surface area contributed by atoms with Gasteiger partial charge in [-0.1, -0.05) is 6.07 Å². The van der Waals surface area contributed by atoms with Crippen LogP contribution < -0.4 is 11.1 Å². The number of fused-ring (bicyclic) bond motifs is 1. The maximum absolute atomic E-state index is 11.2. The van der Waals surface area contributed by atoms with Crippen molar-refractivity contribution < 1.29 is 9.90 Å². The third-order valence-electron chi connectivity index (χ3n) is 2.13. The van der Waals surface area contributed by atoms with E-state index in [9.17, 15) is 4.79 Å². The van der Waals surface area contributed by atoms with Gasteiger partial charge < -0.3 is 16.2 Å². The van der Waals surface area contributed by atoms with Gasteiger partial charge in [-0.05, 0) is 18.1 Å². The maximum Gasteiger partial charge on any atom is 0.241 e. The van der Waals surface area contributed by atoms with Crippen molar-refractivity contribution in [3.05, 3.63) is 23.8 Å². The number of hydrogen-bond acceptors (Lipinski definition) is 3. The Balaban J connectivity index is 2.42. The van der Waals surface area contributed by atoms with E-state index in [0.29, 0.717) is 12.1 Å². The van der Waals surface area contributed by atoms with E-state index in [1.165, 1.54) is 6.07 Å². The molecule has 4 heteroatoms. The second-order valence-corrected chi connectivity index (χ2v) is 3.14. The van der Waals surface area contributed by atoms with Gasteiger partial charge in [-0.15, -0.1) is 0 Å². The highest BCUT2D eigenvalue weighted by molar-refractivity contribution is 5.98. The van der Waals surface area contributed by atoms with Crippen molar-refractivity contribution in [2.75, 3.05) is 5.32 Å². The number of phenolic OH excluding ortho intramolecular Hbond substituents is 1. The molecule has 2 rings (SSSR count). The Hall–Kier alpha value is -1.55. The molecule has 1 aliphatic rings. The summed E-state index contributed by atoms with van der Waals surface area (Å²) in [6.45, 7) is 0. The van der Waals surface area contributed by atoms with E-state index in [0.717, 1.165) is 5.56 Å². The fourth-order valence-corrected chi connectivity index (χ4v) is 1.41. The first kappa shape index (κ1) is 8.07. The van der Waals surface area contributed by atoms with Crippen LogP contribution in [0.5, 0.6) is 5.75 Å². The molecule has 1 aromatic rings. The fourth-order valence-electron chi connectivity index (χ4n) is 1.41. The van der Waals surface area contributed by atoms with Crippen LogP contribution in [-0.2, 0) is 11.2 Å². The largest absolute Gasteiger partial charge is 0.508 e. The fraction of sp³-hybridized carbons (Fsp3) is 0.222. The topological polar surface area (TPSA) is 75.3 Å². The molecule has 4 N–H and O–H groups in total. The number of phenols is 1. The average molecular weight is 178 g/mol. The number of nitrogens with one attached hydrogen (secondary N) is 1. The molecule has 0 spiro atoms. The van der Waals surface area contributed by atoms with Gasteiger partial charge in [0, 0.05) is 11.8 Å². The summed E-state index contributed by atoms with van der Waals surface area (Å²) in [5.41, 5.74) is 7.18. The number of rotatable bonds is 0.